The Balaban J connectivity index is 2.32. The van der Waals surface area contributed by atoms with Gasteiger partial charge >= 0.3 is 0 Å². The van der Waals surface area contributed by atoms with Gasteiger partial charge in [-0.3, -0.25) is 4.98 Å². The largest absolute Gasteiger partial charge is 0.455 e. The van der Waals surface area contributed by atoms with Crippen molar-refractivity contribution in [3.8, 4) is 11.5 Å². The Hall–Kier alpha value is -1.45. The fourth-order valence-corrected chi connectivity index (χ4v) is 1.49. The molecule has 0 saturated carbocycles. The van der Waals surface area contributed by atoms with Crippen LogP contribution in [0.2, 0.25) is 10.0 Å². The lowest BCUT2D eigenvalue weighted by Gasteiger charge is -2.09. The molecule has 0 spiro atoms. The lowest BCUT2D eigenvalue weighted by atomic mass is 10.3. The predicted octanol–water partition coefficient (Wildman–Crippen LogP) is 3.76. The van der Waals surface area contributed by atoms with E-state index in [1.54, 1.807) is 36.7 Å². The Morgan fingerprint density at radius 1 is 1.06 bits per heavy atom. The van der Waals surface area contributed by atoms with Gasteiger partial charge in [0.05, 0.1) is 15.7 Å². The van der Waals surface area contributed by atoms with Gasteiger partial charge in [0, 0.05) is 18.5 Å². The summed E-state index contributed by atoms with van der Waals surface area (Å²) in [6.07, 6.45) is 3.26. The van der Waals surface area contributed by atoms with Crippen molar-refractivity contribution in [2.75, 3.05) is 5.73 Å². The van der Waals surface area contributed by atoms with Crippen LogP contribution in [-0.4, -0.2) is 4.98 Å². The minimum absolute atomic E-state index is 0.403. The first-order chi connectivity index (χ1) is 7.66. The van der Waals surface area contributed by atoms with Gasteiger partial charge in [0.2, 0.25) is 0 Å². The molecule has 0 radical (unpaired) electrons. The van der Waals surface area contributed by atoms with E-state index in [0.29, 0.717) is 27.2 Å². The van der Waals surface area contributed by atoms with Gasteiger partial charge in [0.1, 0.15) is 5.75 Å². The van der Waals surface area contributed by atoms with Crippen molar-refractivity contribution in [2.45, 2.75) is 0 Å². The summed E-state index contributed by atoms with van der Waals surface area (Å²) in [4.78, 5) is 3.88. The second-order valence-electron chi connectivity index (χ2n) is 3.09. The molecule has 3 nitrogen and oxygen atoms in total. The Labute approximate surface area is 103 Å². The van der Waals surface area contributed by atoms with E-state index in [0.717, 1.165) is 0 Å². The van der Waals surface area contributed by atoms with Gasteiger partial charge in [-0.1, -0.05) is 23.2 Å². The van der Waals surface area contributed by atoms with Crippen molar-refractivity contribution in [3.63, 3.8) is 0 Å². The number of benzene rings is 1. The monoisotopic (exact) mass is 254 g/mol. The van der Waals surface area contributed by atoms with E-state index >= 15 is 0 Å². The van der Waals surface area contributed by atoms with Crippen molar-refractivity contribution < 1.29 is 4.74 Å². The van der Waals surface area contributed by atoms with E-state index in [-0.39, 0.29) is 0 Å². The van der Waals surface area contributed by atoms with Crippen LogP contribution in [0.25, 0.3) is 0 Å². The fourth-order valence-electron chi connectivity index (χ4n) is 1.17. The molecule has 16 heavy (non-hydrogen) atoms. The van der Waals surface area contributed by atoms with Crippen LogP contribution >= 0.6 is 23.2 Å². The Morgan fingerprint density at radius 3 is 2.38 bits per heavy atom. The summed E-state index contributed by atoms with van der Waals surface area (Å²) < 4.78 is 5.54. The lowest BCUT2D eigenvalue weighted by molar-refractivity contribution is 0.484. The minimum atomic E-state index is 0.403. The van der Waals surface area contributed by atoms with Crippen LogP contribution in [0.1, 0.15) is 0 Å². The molecule has 82 valence electrons. The van der Waals surface area contributed by atoms with Gasteiger partial charge < -0.3 is 10.5 Å². The van der Waals surface area contributed by atoms with Gasteiger partial charge in [0.25, 0.3) is 0 Å². The Morgan fingerprint density at radius 2 is 1.69 bits per heavy atom. The third-order valence-corrected chi connectivity index (χ3v) is 2.65. The molecule has 0 aliphatic rings. The standard InChI is InChI=1S/C11H8Cl2N2O/c12-8-5-10(14)11(6-9(8)13)16-7-1-3-15-4-2-7/h1-6H,14H2. The van der Waals surface area contributed by atoms with Crippen LogP contribution in [-0.2, 0) is 0 Å². The summed E-state index contributed by atoms with van der Waals surface area (Å²) in [5, 5.41) is 0.807. The fraction of sp³-hybridized carbons (Fsp3) is 0. The number of nitrogens with zero attached hydrogens (tertiary/aromatic N) is 1. The zero-order valence-electron chi connectivity index (χ0n) is 8.15. The van der Waals surface area contributed by atoms with Crippen LogP contribution in [0.4, 0.5) is 5.69 Å². The summed E-state index contributed by atoms with van der Waals surface area (Å²) >= 11 is 11.7. The number of aromatic nitrogens is 1. The van der Waals surface area contributed by atoms with Gasteiger partial charge in [-0.2, -0.15) is 0 Å². The maximum atomic E-state index is 5.87. The first-order valence-corrected chi connectivity index (χ1v) is 5.25. The van der Waals surface area contributed by atoms with Crippen LogP contribution < -0.4 is 10.5 Å². The van der Waals surface area contributed by atoms with Gasteiger partial charge in [-0.05, 0) is 18.2 Å². The number of hydrogen-bond acceptors (Lipinski definition) is 3. The van der Waals surface area contributed by atoms with Gasteiger partial charge in [-0.15, -0.1) is 0 Å². The average molecular weight is 255 g/mol. The smallest absolute Gasteiger partial charge is 0.151 e. The van der Waals surface area contributed by atoms with E-state index in [4.69, 9.17) is 33.7 Å². The summed E-state index contributed by atoms with van der Waals surface area (Å²) in [6, 6.07) is 6.59. The molecule has 0 amide bonds. The summed E-state index contributed by atoms with van der Waals surface area (Å²) in [6.45, 7) is 0. The topological polar surface area (TPSA) is 48.1 Å². The van der Waals surface area contributed by atoms with E-state index in [2.05, 4.69) is 4.98 Å². The number of anilines is 1. The molecule has 2 aromatic rings. The number of rotatable bonds is 2. The van der Waals surface area contributed by atoms with Gasteiger partial charge in [0.15, 0.2) is 5.75 Å². The molecule has 0 saturated heterocycles. The molecule has 0 fully saturated rings. The zero-order chi connectivity index (χ0) is 11.5. The normalized spacial score (nSPS) is 10.1. The summed E-state index contributed by atoms with van der Waals surface area (Å²) in [5.41, 5.74) is 6.19. The highest BCUT2D eigenvalue weighted by Crippen LogP contribution is 2.34. The first kappa shape index (κ1) is 11.0. The van der Waals surface area contributed by atoms with Crippen LogP contribution in [0.3, 0.4) is 0 Å². The molecule has 0 unspecified atom stereocenters. The summed E-state index contributed by atoms with van der Waals surface area (Å²) in [5.74, 6) is 1.11. The summed E-state index contributed by atoms with van der Waals surface area (Å²) in [7, 11) is 0. The highest BCUT2D eigenvalue weighted by Gasteiger charge is 2.06. The number of nitrogen functional groups attached to an aromatic ring is 1. The highest BCUT2D eigenvalue weighted by molar-refractivity contribution is 6.42. The quantitative estimate of drug-likeness (QED) is 0.831. The Bertz CT molecular complexity index is 503. The lowest BCUT2D eigenvalue weighted by Crippen LogP contribution is -1.92. The van der Waals surface area contributed by atoms with E-state index < -0.39 is 0 Å². The van der Waals surface area contributed by atoms with Crippen LogP contribution in [0.5, 0.6) is 11.5 Å². The molecule has 0 atom stereocenters. The zero-order valence-corrected chi connectivity index (χ0v) is 9.66. The first-order valence-electron chi connectivity index (χ1n) is 4.49. The van der Waals surface area contributed by atoms with Crippen molar-refractivity contribution in [2.24, 2.45) is 0 Å². The average Bonchev–Trinajstić information content (AvgIpc) is 2.27. The van der Waals surface area contributed by atoms with Crippen molar-refractivity contribution in [3.05, 3.63) is 46.7 Å². The molecule has 2 rings (SSSR count). The molecule has 1 aromatic carbocycles. The van der Waals surface area contributed by atoms with E-state index in [1.807, 2.05) is 0 Å². The number of ether oxygens (including phenoxy) is 1. The predicted molar refractivity (Wildman–Crippen MR) is 65.2 cm³/mol. The molecule has 5 heteroatoms. The van der Waals surface area contributed by atoms with E-state index in [1.165, 1.54) is 0 Å². The molecular formula is C11H8Cl2N2O. The third-order valence-electron chi connectivity index (χ3n) is 1.93. The molecule has 0 bridgehead atoms. The Kier molecular flexibility index (Phi) is 3.17. The minimum Gasteiger partial charge on any atom is -0.455 e. The van der Waals surface area contributed by atoms with Crippen LogP contribution in [0.15, 0.2) is 36.7 Å². The van der Waals surface area contributed by atoms with Crippen molar-refractivity contribution in [1.29, 1.82) is 0 Å². The van der Waals surface area contributed by atoms with E-state index in [9.17, 15) is 0 Å². The number of nitrogens with two attached hydrogens (primary N) is 1. The van der Waals surface area contributed by atoms with Crippen molar-refractivity contribution >= 4 is 28.9 Å². The second kappa shape index (κ2) is 4.60. The molecule has 1 heterocycles. The molecule has 2 N–H and O–H groups in total. The second-order valence-corrected chi connectivity index (χ2v) is 3.90. The number of hydrogen-bond donors (Lipinski definition) is 1. The SMILES string of the molecule is Nc1cc(Cl)c(Cl)cc1Oc1ccncc1. The van der Waals surface area contributed by atoms with Gasteiger partial charge in [-0.25, -0.2) is 0 Å². The highest BCUT2D eigenvalue weighted by atomic mass is 35.5. The maximum Gasteiger partial charge on any atom is 0.151 e. The maximum absolute atomic E-state index is 5.87. The van der Waals surface area contributed by atoms with Crippen molar-refractivity contribution in [1.82, 2.24) is 4.98 Å². The van der Waals surface area contributed by atoms with Crippen LogP contribution in [0, 0.1) is 0 Å². The molecular weight excluding hydrogens is 247 g/mol. The molecule has 0 aliphatic carbocycles. The number of halogens is 2. The molecule has 1 aromatic heterocycles. The third kappa shape index (κ3) is 2.38. The number of pyridine rings is 1. The molecule has 0 aliphatic heterocycles.